The Morgan fingerprint density at radius 2 is 1.93 bits per heavy atom. The van der Waals surface area contributed by atoms with E-state index >= 15 is 0 Å². The van der Waals surface area contributed by atoms with E-state index in [9.17, 15) is 9.59 Å². The Balaban J connectivity index is 1.64. The van der Waals surface area contributed by atoms with E-state index in [1.54, 1.807) is 18.2 Å². The predicted molar refractivity (Wildman–Crippen MR) is 111 cm³/mol. The fraction of sp³-hybridized carbons (Fsp3) is 0.300. The van der Waals surface area contributed by atoms with Crippen LogP contribution in [0.25, 0.3) is 0 Å². The lowest BCUT2D eigenvalue weighted by atomic mass is 10.1. The number of carbonyl (C=O) groups is 2. The van der Waals surface area contributed by atoms with Crippen molar-refractivity contribution in [3.8, 4) is 0 Å². The summed E-state index contributed by atoms with van der Waals surface area (Å²) in [4.78, 5) is 26.8. The van der Waals surface area contributed by atoms with E-state index in [1.165, 1.54) is 0 Å². The van der Waals surface area contributed by atoms with Gasteiger partial charge in [0.2, 0.25) is 0 Å². The predicted octanol–water partition coefficient (Wildman–Crippen LogP) is 3.31. The van der Waals surface area contributed by atoms with Gasteiger partial charge in [0.15, 0.2) is 0 Å². The maximum absolute atomic E-state index is 12.6. The SMILES string of the molecule is CN(C)CCCNc1ccc(C(=O)Nc2ccc(Br)c3c2C(=O)NC3)cc1. The largest absolute Gasteiger partial charge is 0.385 e. The zero-order chi connectivity index (χ0) is 19.4. The average Bonchev–Trinajstić information content (AvgIpc) is 3.04. The third-order valence-electron chi connectivity index (χ3n) is 4.42. The van der Waals surface area contributed by atoms with E-state index in [-0.39, 0.29) is 11.8 Å². The van der Waals surface area contributed by atoms with Crippen molar-refractivity contribution in [2.24, 2.45) is 0 Å². The van der Waals surface area contributed by atoms with Crippen molar-refractivity contribution in [1.29, 1.82) is 0 Å². The van der Waals surface area contributed by atoms with Crippen LogP contribution in [0.4, 0.5) is 11.4 Å². The van der Waals surface area contributed by atoms with Gasteiger partial charge in [0.1, 0.15) is 0 Å². The van der Waals surface area contributed by atoms with E-state index in [0.717, 1.165) is 35.2 Å². The van der Waals surface area contributed by atoms with Gasteiger partial charge in [0.05, 0.1) is 11.3 Å². The van der Waals surface area contributed by atoms with Crippen LogP contribution in [0.1, 0.15) is 32.7 Å². The Labute approximate surface area is 167 Å². The summed E-state index contributed by atoms with van der Waals surface area (Å²) in [5, 5.41) is 8.99. The number of fused-ring (bicyclic) bond motifs is 1. The van der Waals surface area contributed by atoms with E-state index in [0.29, 0.717) is 23.4 Å². The lowest BCUT2D eigenvalue weighted by Crippen LogP contribution is -2.17. The normalized spacial score (nSPS) is 12.7. The average molecular weight is 431 g/mol. The smallest absolute Gasteiger partial charge is 0.255 e. The number of nitrogens with zero attached hydrogens (tertiary/aromatic N) is 1. The number of nitrogens with one attached hydrogen (secondary N) is 3. The molecule has 2 aromatic rings. The van der Waals surface area contributed by atoms with E-state index in [1.807, 2.05) is 18.2 Å². The first kappa shape index (κ1) is 19.4. The Morgan fingerprint density at radius 1 is 1.19 bits per heavy atom. The molecule has 0 fully saturated rings. The van der Waals surface area contributed by atoms with E-state index < -0.39 is 0 Å². The molecule has 0 saturated heterocycles. The highest BCUT2D eigenvalue weighted by Crippen LogP contribution is 2.31. The van der Waals surface area contributed by atoms with Gasteiger partial charge < -0.3 is 20.9 Å². The number of hydrogen-bond acceptors (Lipinski definition) is 4. The fourth-order valence-electron chi connectivity index (χ4n) is 2.98. The summed E-state index contributed by atoms with van der Waals surface area (Å²) >= 11 is 3.45. The number of benzene rings is 2. The highest BCUT2D eigenvalue weighted by Gasteiger charge is 2.25. The third kappa shape index (κ3) is 4.67. The van der Waals surface area contributed by atoms with E-state index in [2.05, 4.69) is 50.9 Å². The topological polar surface area (TPSA) is 73.5 Å². The highest BCUT2D eigenvalue weighted by molar-refractivity contribution is 9.10. The van der Waals surface area contributed by atoms with Crippen LogP contribution in [0.5, 0.6) is 0 Å². The summed E-state index contributed by atoms with van der Waals surface area (Å²) in [6, 6.07) is 10.9. The quantitative estimate of drug-likeness (QED) is 0.589. The second kappa shape index (κ2) is 8.54. The molecule has 2 amide bonds. The van der Waals surface area contributed by atoms with Gasteiger partial charge in [-0.15, -0.1) is 0 Å². The van der Waals surface area contributed by atoms with Crippen molar-refractivity contribution in [1.82, 2.24) is 10.2 Å². The molecular weight excluding hydrogens is 408 g/mol. The Kier molecular flexibility index (Phi) is 6.13. The fourth-order valence-corrected chi connectivity index (χ4v) is 3.45. The maximum atomic E-state index is 12.6. The molecule has 0 unspecified atom stereocenters. The highest BCUT2D eigenvalue weighted by atomic mass is 79.9. The summed E-state index contributed by atoms with van der Waals surface area (Å²) in [7, 11) is 4.11. The number of amides is 2. The van der Waals surface area contributed by atoms with Gasteiger partial charge in [-0.25, -0.2) is 0 Å². The lowest BCUT2D eigenvalue weighted by molar-refractivity contribution is 0.0966. The van der Waals surface area contributed by atoms with Crippen LogP contribution >= 0.6 is 15.9 Å². The van der Waals surface area contributed by atoms with Crippen LogP contribution in [0.2, 0.25) is 0 Å². The minimum atomic E-state index is -0.238. The summed E-state index contributed by atoms with van der Waals surface area (Å²) in [6.45, 7) is 2.37. The van der Waals surface area contributed by atoms with Crippen LogP contribution in [0, 0.1) is 0 Å². The molecule has 0 bridgehead atoms. The van der Waals surface area contributed by atoms with Crippen molar-refractivity contribution < 1.29 is 9.59 Å². The van der Waals surface area contributed by atoms with Gasteiger partial charge in [0, 0.05) is 34.4 Å². The maximum Gasteiger partial charge on any atom is 0.255 e. The molecule has 142 valence electrons. The molecule has 1 heterocycles. The molecule has 0 aromatic heterocycles. The molecule has 0 atom stereocenters. The summed E-state index contributed by atoms with van der Waals surface area (Å²) in [5.74, 6) is -0.405. The molecular formula is C20H23BrN4O2. The number of rotatable bonds is 7. The zero-order valence-corrected chi connectivity index (χ0v) is 17.0. The molecule has 3 rings (SSSR count). The first-order chi connectivity index (χ1) is 13.0. The second-order valence-corrected chi connectivity index (χ2v) is 7.60. The molecule has 0 saturated carbocycles. The van der Waals surface area contributed by atoms with Crippen molar-refractivity contribution in [3.05, 3.63) is 57.6 Å². The number of hydrogen-bond donors (Lipinski definition) is 3. The number of carbonyl (C=O) groups excluding carboxylic acids is 2. The summed E-state index contributed by atoms with van der Waals surface area (Å²) < 4.78 is 0.860. The van der Waals surface area contributed by atoms with Gasteiger partial charge in [-0.1, -0.05) is 15.9 Å². The Morgan fingerprint density at radius 3 is 2.63 bits per heavy atom. The second-order valence-electron chi connectivity index (χ2n) is 6.75. The molecule has 27 heavy (non-hydrogen) atoms. The Hall–Kier alpha value is -2.38. The number of halogens is 1. The molecule has 1 aliphatic heterocycles. The minimum Gasteiger partial charge on any atom is -0.385 e. The first-order valence-electron chi connectivity index (χ1n) is 8.85. The van der Waals surface area contributed by atoms with Crippen LogP contribution in [0.15, 0.2) is 40.9 Å². The molecule has 6 nitrogen and oxygen atoms in total. The van der Waals surface area contributed by atoms with Crippen LogP contribution in [-0.4, -0.2) is 43.9 Å². The first-order valence-corrected chi connectivity index (χ1v) is 9.64. The molecule has 3 N–H and O–H groups in total. The zero-order valence-electron chi connectivity index (χ0n) is 15.4. The lowest BCUT2D eigenvalue weighted by Gasteiger charge is -2.12. The van der Waals surface area contributed by atoms with Crippen LogP contribution in [-0.2, 0) is 6.54 Å². The van der Waals surface area contributed by atoms with Crippen molar-refractivity contribution in [2.75, 3.05) is 37.8 Å². The molecule has 7 heteroatoms. The Bertz CT molecular complexity index is 850. The summed E-state index contributed by atoms with van der Waals surface area (Å²) in [5.41, 5.74) is 3.45. The minimum absolute atomic E-state index is 0.168. The van der Waals surface area contributed by atoms with Gasteiger partial charge in [-0.2, -0.15) is 0 Å². The van der Waals surface area contributed by atoms with Crippen molar-refractivity contribution in [2.45, 2.75) is 13.0 Å². The van der Waals surface area contributed by atoms with Crippen LogP contribution in [0.3, 0.4) is 0 Å². The van der Waals surface area contributed by atoms with Crippen molar-refractivity contribution in [3.63, 3.8) is 0 Å². The monoisotopic (exact) mass is 430 g/mol. The van der Waals surface area contributed by atoms with Gasteiger partial charge in [-0.3, -0.25) is 9.59 Å². The standard InChI is InChI=1S/C20H23BrN4O2/c1-25(2)11-3-10-22-14-6-4-13(5-7-14)19(26)24-17-9-8-16(21)15-12-23-20(27)18(15)17/h4-9,22H,3,10-12H2,1-2H3,(H,23,27)(H,24,26). The van der Waals surface area contributed by atoms with Gasteiger partial charge in [0.25, 0.3) is 11.8 Å². The van der Waals surface area contributed by atoms with Crippen LogP contribution < -0.4 is 16.0 Å². The molecule has 0 spiro atoms. The molecule has 1 aliphatic rings. The molecule has 0 radical (unpaired) electrons. The third-order valence-corrected chi connectivity index (χ3v) is 5.16. The van der Waals surface area contributed by atoms with Gasteiger partial charge in [-0.05, 0) is 63.5 Å². The van der Waals surface area contributed by atoms with Crippen molar-refractivity contribution >= 4 is 39.1 Å². The van der Waals surface area contributed by atoms with Gasteiger partial charge >= 0.3 is 0 Å². The summed E-state index contributed by atoms with van der Waals surface area (Å²) in [6.07, 6.45) is 1.05. The van der Waals surface area contributed by atoms with E-state index in [4.69, 9.17) is 0 Å². The molecule has 2 aromatic carbocycles. The number of anilines is 2. The molecule has 0 aliphatic carbocycles.